The fourth-order valence-electron chi connectivity index (χ4n) is 3.36. The number of aryl methyl sites for hydroxylation is 1. The lowest BCUT2D eigenvalue weighted by Crippen LogP contribution is -2.12. The molecule has 0 N–H and O–H groups in total. The highest BCUT2D eigenvalue weighted by Crippen LogP contribution is 2.30. The van der Waals surface area contributed by atoms with Gasteiger partial charge in [0.1, 0.15) is 16.8 Å². The number of hydrogen-bond acceptors (Lipinski definition) is 7. The van der Waals surface area contributed by atoms with Crippen molar-refractivity contribution in [3.63, 3.8) is 0 Å². The van der Waals surface area contributed by atoms with E-state index in [1.807, 2.05) is 35.7 Å². The van der Waals surface area contributed by atoms with Crippen molar-refractivity contribution < 1.29 is 17.9 Å². The smallest absolute Gasteiger partial charge is 0.331 e. The van der Waals surface area contributed by atoms with Gasteiger partial charge in [0.15, 0.2) is 9.84 Å². The van der Waals surface area contributed by atoms with Gasteiger partial charge in [-0.25, -0.2) is 22.9 Å². The van der Waals surface area contributed by atoms with Crippen LogP contribution in [-0.4, -0.2) is 40.7 Å². The Kier molecular flexibility index (Phi) is 6.27. The second-order valence-corrected chi connectivity index (χ2v) is 10.7. The molecule has 1 atom stereocenters. The van der Waals surface area contributed by atoms with E-state index in [1.165, 1.54) is 22.1 Å². The van der Waals surface area contributed by atoms with Crippen LogP contribution < -0.4 is 0 Å². The first-order valence-corrected chi connectivity index (χ1v) is 12.7. The second-order valence-electron chi connectivity index (χ2n) is 7.24. The summed E-state index contributed by atoms with van der Waals surface area (Å²) in [5.74, 6) is -0.370. The zero-order chi connectivity index (χ0) is 22.0. The molecule has 0 saturated carbocycles. The molecule has 1 aliphatic heterocycles. The van der Waals surface area contributed by atoms with Crippen molar-refractivity contribution in [3.05, 3.63) is 63.9 Å². The summed E-state index contributed by atoms with van der Waals surface area (Å²) >= 11 is 7.91. The molecule has 0 bridgehead atoms. The largest absolute Gasteiger partial charge is 0.456 e. The Labute approximate surface area is 189 Å². The van der Waals surface area contributed by atoms with Crippen molar-refractivity contribution >= 4 is 44.8 Å². The average molecular weight is 478 g/mol. The third-order valence-electron chi connectivity index (χ3n) is 4.95. The maximum absolute atomic E-state index is 12.2. The number of sulfone groups is 1. The van der Waals surface area contributed by atoms with Crippen LogP contribution >= 0.6 is 22.9 Å². The van der Waals surface area contributed by atoms with E-state index >= 15 is 0 Å². The molecule has 10 heteroatoms. The topological polar surface area (TPSA) is 91.2 Å². The van der Waals surface area contributed by atoms with Crippen LogP contribution in [0.15, 0.2) is 41.8 Å². The van der Waals surface area contributed by atoms with Crippen molar-refractivity contribution in [2.75, 3.05) is 11.5 Å². The minimum absolute atomic E-state index is 0.0254. The van der Waals surface area contributed by atoms with E-state index in [1.54, 1.807) is 13.0 Å². The van der Waals surface area contributed by atoms with Crippen molar-refractivity contribution in [2.45, 2.75) is 26.0 Å². The highest BCUT2D eigenvalue weighted by atomic mass is 35.5. The molecule has 0 spiro atoms. The summed E-state index contributed by atoms with van der Waals surface area (Å²) < 4.78 is 30.3. The number of carbonyl (C=O) groups excluding carboxylic acids is 1. The van der Waals surface area contributed by atoms with Crippen LogP contribution in [0.25, 0.3) is 16.6 Å². The number of carbonyl (C=O) groups is 1. The summed E-state index contributed by atoms with van der Waals surface area (Å²) in [5.41, 5.74) is 2.88. The minimum atomic E-state index is -3.06. The standard InChI is InChI=1S/C21H20ClN3O4S2/c1-14-18(20(22)25(24-14)17-9-10-31(27,28)13-17)7-8-19(26)29-11-16-12-30-21(23-16)15-5-3-2-4-6-15/h2-8,12,17H,9-11,13H2,1H3/b8-7+/t17-/m1/s1. The van der Waals surface area contributed by atoms with E-state index in [0.717, 1.165) is 10.6 Å². The van der Waals surface area contributed by atoms with E-state index in [9.17, 15) is 13.2 Å². The Morgan fingerprint density at radius 2 is 2.13 bits per heavy atom. The van der Waals surface area contributed by atoms with Crippen LogP contribution in [0.3, 0.4) is 0 Å². The van der Waals surface area contributed by atoms with Gasteiger partial charge in [-0.05, 0) is 19.4 Å². The van der Waals surface area contributed by atoms with Crippen molar-refractivity contribution in [3.8, 4) is 10.6 Å². The lowest BCUT2D eigenvalue weighted by atomic mass is 10.2. The molecule has 162 valence electrons. The van der Waals surface area contributed by atoms with Gasteiger partial charge in [-0.3, -0.25) is 0 Å². The summed E-state index contributed by atoms with van der Waals surface area (Å²) in [6, 6.07) is 9.51. The van der Waals surface area contributed by atoms with Gasteiger partial charge in [0.05, 0.1) is 28.9 Å². The molecule has 0 amide bonds. The van der Waals surface area contributed by atoms with Gasteiger partial charge in [-0.1, -0.05) is 41.9 Å². The number of nitrogens with zero attached hydrogens (tertiary/aromatic N) is 3. The van der Waals surface area contributed by atoms with Crippen LogP contribution in [0.5, 0.6) is 0 Å². The molecule has 1 fully saturated rings. The Morgan fingerprint density at radius 3 is 2.84 bits per heavy atom. The summed E-state index contributed by atoms with van der Waals surface area (Å²) in [5, 5.41) is 7.41. The third-order valence-corrected chi connectivity index (χ3v) is 8.01. The number of esters is 1. The molecule has 4 rings (SSSR count). The molecule has 7 nitrogen and oxygen atoms in total. The number of ether oxygens (including phenoxy) is 1. The molecule has 3 heterocycles. The Hall–Kier alpha value is -2.49. The Bertz CT molecular complexity index is 1230. The molecule has 1 aromatic carbocycles. The SMILES string of the molecule is Cc1nn([C@@H]2CCS(=O)(=O)C2)c(Cl)c1/C=C/C(=O)OCc1csc(-c2ccccc2)n1. The summed E-state index contributed by atoms with van der Waals surface area (Å²) in [6.45, 7) is 1.83. The maximum Gasteiger partial charge on any atom is 0.331 e. The first-order chi connectivity index (χ1) is 14.8. The summed E-state index contributed by atoms with van der Waals surface area (Å²) in [4.78, 5) is 16.6. The van der Waals surface area contributed by atoms with Gasteiger partial charge >= 0.3 is 5.97 Å². The van der Waals surface area contributed by atoms with Gasteiger partial charge in [-0.2, -0.15) is 5.10 Å². The van der Waals surface area contributed by atoms with E-state index < -0.39 is 15.8 Å². The molecule has 0 aliphatic carbocycles. The lowest BCUT2D eigenvalue weighted by molar-refractivity contribution is -0.139. The number of benzene rings is 1. The average Bonchev–Trinajstić information content (AvgIpc) is 3.43. The monoisotopic (exact) mass is 477 g/mol. The molecular formula is C21H20ClN3O4S2. The molecule has 0 radical (unpaired) electrons. The number of halogens is 1. The van der Waals surface area contributed by atoms with Gasteiger partial charge < -0.3 is 4.74 Å². The Morgan fingerprint density at radius 1 is 1.35 bits per heavy atom. The van der Waals surface area contributed by atoms with Crippen LogP contribution in [0, 0.1) is 6.92 Å². The zero-order valence-electron chi connectivity index (χ0n) is 16.7. The minimum Gasteiger partial charge on any atom is -0.456 e. The van der Waals surface area contributed by atoms with Crippen molar-refractivity contribution in [1.29, 1.82) is 0 Å². The van der Waals surface area contributed by atoms with Crippen molar-refractivity contribution in [1.82, 2.24) is 14.8 Å². The first kappa shape index (κ1) is 21.7. The maximum atomic E-state index is 12.2. The molecule has 2 aromatic heterocycles. The summed E-state index contributed by atoms with van der Waals surface area (Å²) in [6.07, 6.45) is 3.31. The first-order valence-electron chi connectivity index (χ1n) is 9.62. The predicted octanol–water partition coefficient (Wildman–Crippen LogP) is 4.08. The molecule has 31 heavy (non-hydrogen) atoms. The number of rotatable bonds is 6. The van der Waals surface area contributed by atoms with Crippen LogP contribution in [0.2, 0.25) is 5.15 Å². The van der Waals surface area contributed by atoms with Crippen LogP contribution in [-0.2, 0) is 26.0 Å². The van der Waals surface area contributed by atoms with E-state index in [-0.39, 0.29) is 24.2 Å². The van der Waals surface area contributed by atoms with Gasteiger partial charge in [0.25, 0.3) is 0 Å². The fourth-order valence-corrected chi connectivity index (χ4v) is 6.24. The van der Waals surface area contributed by atoms with Crippen LogP contribution in [0.1, 0.15) is 29.4 Å². The van der Waals surface area contributed by atoms with Crippen LogP contribution in [0.4, 0.5) is 0 Å². The zero-order valence-corrected chi connectivity index (χ0v) is 19.1. The lowest BCUT2D eigenvalue weighted by Gasteiger charge is -2.09. The molecular weight excluding hydrogens is 458 g/mol. The van der Waals surface area contributed by atoms with E-state index in [0.29, 0.717) is 28.5 Å². The fraction of sp³-hybridized carbons (Fsp3) is 0.286. The van der Waals surface area contributed by atoms with Gasteiger partial charge in [0.2, 0.25) is 0 Å². The number of thiazole rings is 1. The van der Waals surface area contributed by atoms with Gasteiger partial charge in [-0.15, -0.1) is 11.3 Å². The highest BCUT2D eigenvalue weighted by molar-refractivity contribution is 7.91. The highest BCUT2D eigenvalue weighted by Gasteiger charge is 2.31. The van der Waals surface area contributed by atoms with E-state index in [2.05, 4.69) is 10.1 Å². The van der Waals surface area contributed by atoms with Gasteiger partial charge in [0, 0.05) is 22.6 Å². The molecule has 3 aromatic rings. The third kappa shape index (κ3) is 5.06. The predicted molar refractivity (Wildman–Crippen MR) is 121 cm³/mol. The molecule has 1 aliphatic rings. The van der Waals surface area contributed by atoms with Crippen molar-refractivity contribution in [2.24, 2.45) is 0 Å². The van der Waals surface area contributed by atoms with E-state index in [4.69, 9.17) is 16.3 Å². The second kappa shape index (κ2) is 8.94. The summed E-state index contributed by atoms with van der Waals surface area (Å²) in [7, 11) is -3.06. The normalized spacial score (nSPS) is 17.9. The quantitative estimate of drug-likeness (QED) is 0.392. The Balaban J connectivity index is 1.38. The number of aromatic nitrogens is 3. The molecule has 0 unspecified atom stereocenters. The number of hydrogen-bond donors (Lipinski definition) is 0. The molecule has 1 saturated heterocycles.